The molecule has 3 nitrogen and oxygen atoms in total. The lowest BCUT2D eigenvalue weighted by atomic mass is 10.0. The molecule has 0 saturated carbocycles. The standard InChI is InChI=1S/C7H11BrN2O/c1-4-3-5(11-2)10-7(8)6(4)9/h3-4,6H,9H2,1-2H3. The maximum Gasteiger partial charge on any atom is 0.209 e. The van der Waals surface area contributed by atoms with Gasteiger partial charge in [-0.25, -0.2) is 4.99 Å². The third kappa shape index (κ3) is 1.81. The van der Waals surface area contributed by atoms with Crippen molar-refractivity contribution in [1.29, 1.82) is 0 Å². The maximum absolute atomic E-state index is 5.76. The first-order valence-electron chi connectivity index (χ1n) is 3.40. The number of methoxy groups -OCH3 is 1. The van der Waals surface area contributed by atoms with E-state index < -0.39 is 0 Å². The average molecular weight is 219 g/mol. The molecule has 1 heterocycles. The van der Waals surface area contributed by atoms with E-state index in [0.717, 1.165) is 4.62 Å². The van der Waals surface area contributed by atoms with Crippen molar-refractivity contribution in [3.63, 3.8) is 0 Å². The highest BCUT2D eigenvalue weighted by Gasteiger charge is 2.20. The largest absolute Gasteiger partial charge is 0.481 e. The van der Waals surface area contributed by atoms with Gasteiger partial charge in [-0.05, 0) is 22.0 Å². The number of rotatable bonds is 1. The fourth-order valence-electron chi connectivity index (χ4n) is 0.876. The zero-order valence-corrected chi connectivity index (χ0v) is 8.13. The van der Waals surface area contributed by atoms with Gasteiger partial charge in [0.1, 0.15) is 4.62 Å². The number of ether oxygens (including phenoxy) is 1. The summed E-state index contributed by atoms with van der Waals surface area (Å²) >= 11 is 3.28. The van der Waals surface area contributed by atoms with Gasteiger partial charge in [-0.15, -0.1) is 0 Å². The van der Waals surface area contributed by atoms with Crippen molar-refractivity contribution >= 4 is 20.6 Å². The number of hydrogen-bond donors (Lipinski definition) is 1. The van der Waals surface area contributed by atoms with Crippen LogP contribution in [0.4, 0.5) is 0 Å². The number of hydrogen-bond acceptors (Lipinski definition) is 3. The molecular weight excluding hydrogens is 208 g/mol. The third-order valence-electron chi connectivity index (χ3n) is 1.67. The molecule has 2 atom stereocenters. The summed E-state index contributed by atoms with van der Waals surface area (Å²) in [5, 5.41) is 0. The summed E-state index contributed by atoms with van der Waals surface area (Å²) in [6, 6.07) is -0.0334. The Kier molecular flexibility index (Phi) is 2.67. The zero-order valence-electron chi connectivity index (χ0n) is 6.54. The van der Waals surface area contributed by atoms with Gasteiger partial charge < -0.3 is 10.5 Å². The third-order valence-corrected chi connectivity index (χ3v) is 2.38. The highest BCUT2D eigenvalue weighted by Crippen LogP contribution is 2.18. The van der Waals surface area contributed by atoms with E-state index in [0.29, 0.717) is 5.88 Å². The molecule has 4 heteroatoms. The predicted molar refractivity (Wildman–Crippen MR) is 48.6 cm³/mol. The molecule has 0 aromatic carbocycles. The van der Waals surface area contributed by atoms with Gasteiger partial charge in [0.2, 0.25) is 5.88 Å². The van der Waals surface area contributed by atoms with Crippen molar-refractivity contribution in [2.75, 3.05) is 7.11 Å². The van der Waals surface area contributed by atoms with Crippen LogP contribution < -0.4 is 5.73 Å². The van der Waals surface area contributed by atoms with E-state index in [1.807, 2.05) is 13.0 Å². The van der Waals surface area contributed by atoms with E-state index in [1.54, 1.807) is 7.11 Å². The first kappa shape index (κ1) is 8.74. The van der Waals surface area contributed by atoms with E-state index in [9.17, 15) is 0 Å². The van der Waals surface area contributed by atoms with Crippen molar-refractivity contribution < 1.29 is 4.74 Å². The molecule has 0 saturated heterocycles. The Bertz CT molecular complexity index is 212. The van der Waals surface area contributed by atoms with Crippen molar-refractivity contribution in [2.24, 2.45) is 16.6 Å². The second kappa shape index (κ2) is 3.36. The van der Waals surface area contributed by atoms with Gasteiger partial charge in [-0.2, -0.15) is 0 Å². The smallest absolute Gasteiger partial charge is 0.209 e. The molecule has 11 heavy (non-hydrogen) atoms. The molecule has 2 unspecified atom stereocenters. The van der Waals surface area contributed by atoms with Gasteiger partial charge in [0, 0.05) is 5.92 Å². The molecule has 0 aromatic heterocycles. The first-order chi connectivity index (χ1) is 5.15. The Labute approximate surface area is 74.4 Å². The Morgan fingerprint density at radius 2 is 2.36 bits per heavy atom. The van der Waals surface area contributed by atoms with Crippen LogP contribution in [-0.4, -0.2) is 17.8 Å². The maximum atomic E-state index is 5.76. The fraction of sp³-hybridized carbons (Fsp3) is 0.571. The fourth-order valence-corrected chi connectivity index (χ4v) is 1.47. The molecule has 2 N–H and O–H groups in total. The van der Waals surface area contributed by atoms with E-state index in [-0.39, 0.29) is 12.0 Å². The predicted octanol–water partition coefficient (Wildman–Crippen LogP) is 1.24. The molecule has 1 rings (SSSR count). The van der Waals surface area contributed by atoms with Gasteiger partial charge in [0.25, 0.3) is 0 Å². The van der Waals surface area contributed by atoms with Crippen LogP contribution in [0.1, 0.15) is 6.92 Å². The van der Waals surface area contributed by atoms with Crippen molar-refractivity contribution in [1.82, 2.24) is 0 Å². The van der Waals surface area contributed by atoms with Gasteiger partial charge in [0.15, 0.2) is 0 Å². The topological polar surface area (TPSA) is 47.6 Å². The van der Waals surface area contributed by atoms with Crippen LogP contribution >= 0.6 is 15.9 Å². The monoisotopic (exact) mass is 218 g/mol. The second-order valence-electron chi connectivity index (χ2n) is 2.53. The zero-order chi connectivity index (χ0) is 8.43. The molecule has 0 bridgehead atoms. The molecule has 1 aliphatic heterocycles. The minimum atomic E-state index is -0.0334. The molecule has 0 spiro atoms. The average Bonchev–Trinajstić information content (AvgIpc) is 1.99. The Morgan fingerprint density at radius 1 is 1.73 bits per heavy atom. The molecule has 0 radical (unpaired) electrons. The minimum Gasteiger partial charge on any atom is -0.481 e. The van der Waals surface area contributed by atoms with Crippen LogP contribution in [0.15, 0.2) is 17.0 Å². The van der Waals surface area contributed by atoms with Gasteiger partial charge in [0.05, 0.1) is 13.2 Å². The van der Waals surface area contributed by atoms with E-state index >= 15 is 0 Å². The number of nitrogens with two attached hydrogens (primary N) is 1. The molecule has 62 valence electrons. The lowest BCUT2D eigenvalue weighted by Crippen LogP contribution is -2.35. The summed E-state index contributed by atoms with van der Waals surface area (Å²) in [4.78, 5) is 4.08. The molecule has 0 aromatic rings. The molecule has 0 fully saturated rings. The molecule has 1 aliphatic rings. The van der Waals surface area contributed by atoms with Crippen molar-refractivity contribution in [2.45, 2.75) is 13.0 Å². The van der Waals surface area contributed by atoms with Crippen LogP contribution in [0.3, 0.4) is 0 Å². The number of nitrogens with zero attached hydrogens (tertiary/aromatic N) is 1. The van der Waals surface area contributed by atoms with Crippen molar-refractivity contribution in [3.8, 4) is 0 Å². The summed E-state index contributed by atoms with van der Waals surface area (Å²) in [5.74, 6) is 0.905. The summed E-state index contributed by atoms with van der Waals surface area (Å²) in [5.41, 5.74) is 5.76. The van der Waals surface area contributed by atoms with Crippen LogP contribution in [0.25, 0.3) is 0 Å². The van der Waals surface area contributed by atoms with Crippen LogP contribution in [0.2, 0.25) is 0 Å². The Balaban J connectivity index is 2.82. The summed E-state index contributed by atoms with van der Waals surface area (Å²) in [6.07, 6.45) is 1.91. The van der Waals surface area contributed by atoms with Crippen LogP contribution in [0, 0.1) is 5.92 Å². The highest BCUT2D eigenvalue weighted by molar-refractivity contribution is 9.18. The number of halogens is 1. The summed E-state index contributed by atoms with van der Waals surface area (Å²) in [6.45, 7) is 2.03. The van der Waals surface area contributed by atoms with Crippen LogP contribution in [0.5, 0.6) is 0 Å². The lowest BCUT2D eigenvalue weighted by molar-refractivity contribution is 0.281. The Morgan fingerprint density at radius 3 is 2.82 bits per heavy atom. The molecule has 0 aliphatic carbocycles. The molecular formula is C7H11BrN2O. The van der Waals surface area contributed by atoms with E-state index in [1.165, 1.54) is 0 Å². The van der Waals surface area contributed by atoms with Gasteiger partial charge in [-0.3, -0.25) is 0 Å². The Hall–Kier alpha value is -0.350. The quantitative estimate of drug-likeness (QED) is 0.721. The first-order valence-corrected chi connectivity index (χ1v) is 4.20. The van der Waals surface area contributed by atoms with Crippen LogP contribution in [-0.2, 0) is 4.74 Å². The van der Waals surface area contributed by atoms with E-state index in [2.05, 4.69) is 20.9 Å². The second-order valence-corrected chi connectivity index (χ2v) is 3.34. The van der Waals surface area contributed by atoms with Crippen molar-refractivity contribution in [3.05, 3.63) is 12.0 Å². The summed E-state index contributed by atoms with van der Waals surface area (Å²) < 4.78 is 5.72. The highest BCUT2D eigenvalue weighted by atomic mass is 79.9. The number of aliphatic imine (C=N–C) groups is 1. The minimum absolute atomic E-state index is 0.0334. The normalized spacial score (nSPS) is 30.9. The van der Waals surface area contributed by atoms with E-state index in [4.69, 9.17) is 10.5 Å². The molecule has 0 amide bonds. The lowest BCUT2D eigenvalue weighted by Gasteiger charge is -2.20. The summed E-state index contributed by atoms with van der Waals surface area (Å²) in [7, 11) is 1.60. The SMILES string of the molecule is COC1=CC(C)C(N)C(Br)=N1. The van der Waals surface area contributed by atoms with Gasteiger partial charge in [-0.1, -0.05) is 6.92 Å². The van der Waals surface area contributed by atoms with Gasteiger partial charge >= 0.3 is 0 Å².